The molecule has 144 valence electrons. The number of allylic oxidation sites excluding steroid dienone is 1. The van der Waals surface area contributed by atoms with Crippen LogP contribution in [0.25, 0.3) is 0 Å². The molecule has 0 saturated heterocycles. The molecule has 0 radical (unpaired) electrons. The minimum Gasteiger partial charge on any atom is -0.417 e. The molecule has 24 heavy (non-hydrogen) atoms. The fraction of sp³-hybridized carbons (Fsp3) is 0.895. The zero-order chi connectivity index (χ0) is 19.4. The molecule has 0 aromatic heterocycles. The monoisotopic (exact) mass is 484 g/mol. The summed E-state index contributed by atoms with van der Waals surface area (Å²) < 4.78 is 14.2. The highest BCUT2D eigenvalue weighted by molar-refractivity contribution is 14.1. The molecule has 0 bridgehead atoms. The van der Waals surface area contributed by atoms with E-state index in [0.29, 0.717) is 5.92 Å². The first kappa shape index (κ1) is 24.8. The smallest absolute Gasteiger partial charge is 0.192 e. The van der Waals surface area contributed by atoms with Crippen molar-refractivity contribution in [2.45, 2.75) is 91.2 Å². The Labute approximate surface area is 167 Å². The predicted molar refractivity (Wildman–Crippen MR) is 122 cm³/mol. The summed E-state index contributed by atoms with van der Waals surface area (Å²) in [4.78, 5) is 0. The molecule has 0 rings (SSSR count). The summed E-state index contributed by atoms with van der Waals surface area (Å²) in [5.41, 5.74) is 0. The van der Waals surface area contributed by atoms with Crippen LogP contribution >= 0.6 is 22.6 Å². The van der Waals surface area contributed by atoms with Crippen LogP contribution in [0.1, 0.15) is 54.9 Å². The van der Waals surface area contributed by atoms with E-state index >= 15 is 0 Å². The third kappa shape index (κ3) is 8.47. The topological polar surface area (TPSA) is 18.5 Å². The van der Waals surface area contributed by atoms with Crippen molar-refractivity contribution in [2.75, 3.05) is 13.2 Å². The molecule has 0 aliphatic carbocycles. The van der Waals surface area contributed by atoms with Gasteiger partial charge in [-0.3, -0.25) is 0 Å². The zero-order valence-corrected chi connectivity index (χ0v) is 22.1. The maximum atomic E-state index is 6.45. The summed E-state index contributed by atoms with van der Waals surface area (Å²) >= 11 is 2.40. The molecule has 0 aliphatic heterocycles. The molecular weight excluding hydrogens is 443 g/mol. The summed E-state index contributed by atoms with van der Waals surface area (Å²) in [6.07, 6.45) is 3.39. The van der Waals surface area contributed by atoms with E-state index in [0.717, 1.165) is 19.6 Å². The van der Waals surface area contributed by atoms with Gasteiger partial charge in [0, 0.05) is 19.1 Å². The van der Waals surface area contributed by atoms with Crippen LogP contribution in [0.5, 0.6) is 0 Å². The molecule has 0 heterocycles. The molecular formula is C19H41IO2Si2. The second-order valence-electron chi connectivity index (χ2n) is 9.98. The molecule has 0 aromatic carbocycles. The molecule has 2 nitrogen and oxygen atoms in total. The third-order valence-corrected chi connectivity index (χ3v) is 15.1. The number of hydrogen-bond donors (Lipinski definition) is 0. The van der Waals surface area contributed by atoms with E-state index in [9.17, 15) is 0 Å². The van der Waals surface area contributed by atoms with Crippen LogP contribution in [-0.2, 0) is 8.85 Å². The summed E-state index contributed by atoms with van der Waals surface area (Å²) in [6.45, 7) is 26.9. The first-order chi connectivity index (χ1) is 10.5. The molecule has 0 amide bonds. The van der Waals surface area contributed by atoms with Gasteiger partial charge in [0.25, 0.3) is 0 Å². The Balaban J connectivity index is 4.75. The molecule has 0 unspecified atom stereocenters. The first-order valence-corrected chi connectivity index (χ1v) is 16.0. The molecule has 0 saturated carbocycles. The van der Waals surface area contributed by atoms with Crippen molar-refractivity contribution in [1.29, 1.82) is 0 Å². The van der Waals surface area contributed by atoms with Crippen LogP contribution in [0.2, 0.25) is 36.3 Å². The fourth-order valence-corrected chi connectivity index (χ4v) is 4.39. The van der Waals surface area contributed by atoms with E-state index in [1.54, 1.807) is 0 Å². The second-order valence-corrected chi connectivity index (χ2v) is 21.3. The third-order valence-electron chi connectivity index (χ3n) is 5.69. The SMILES string of the molecule is C/C(I)=C\[C@H](CCO[Si](C)(C)C(C)(C)C)CO[Si](C)(C)C(C)(C)C. The summed E-state index contributed by atoms with van der Waals surface area (Å²) in [6, 6.07) is 0. The Kier molecular flexibility index (Phi) is 9.47. The van der Waals surface area contributed by atoms with Gasteiger partial charge in [0.1, 0.15) is 0 Å². The fourth-order valence-electron chi connectivity index (χ4n) is 1.75. The van der Waals surface area contributed by atoms with E-state index in [-0.39, 0.29) is 10.1 Å². The van der Waals surface area contributed by atoms with Crippen molar-refractivity contribution >= 4 is 39.2 Å². The van der Waals surface area contributed by atoms with Gasteiger partial charge in [0.05, 0.1) is 0 Å². The Bertz CT molecular complexity index is 414. The van der Waals surface area contributed by atoms with Crippen molar-refractivity contribution in [1.82, 2.24) is 0 Å². The van der Waals surface area contributed by atoms with E-state index in [1.165, 1.54) is 3.58 Å². The lowest BCUT2D eigenvalue weighted by molar-refractivity contribution is 0.210. The Hall–Kier alpha value is 0.824. The highest BCUT2D eigenvalue weighted by Gasteiger charge is 2.38. The number of rotatable bonds is 8. The van der Waals surface area contributed by atoms with Gasteiger partial charge in [0.15, 0.2) is 16.6 Å². The van der Waals surface area contributed by atoms with Crippen molar-refractivity contribution in [3.63, 3.8) is 0 Å². The number of hydrogen-bond acceptors (Lipinski definition) is 2. The Morgan fingerprint density at radius 1 is 0.917 bits per heavy atom. The molecule has 0 N–H and O–H groups in total. The average molecular weight is 485 g/mol. The molecule has 0 spiro atoms. The van der Waals surface area contributed by atoms with Crippen LogP contribution in [-0.4, -0.2) is 29.8 Å². The maximum Gasteiger partial charge on any atom is 0.192 e. The van der Waals surface area contributed by atoms with Gasteiger partial charge in [-0.25, -0.2) is 0 Å². The van der Waals surface area contributed by atoms with Gasteiger partial charge < -0.3 is 8.85 Å². The summed E-state index contributed by atoms with van der Waals surface area (Å²) in [7, 11) is -3.34. The predicted octanol–water partition coefficient (Wildman–Crippen LogP) is 7.38. The number of halogens is 1. The first-order valence-electron chi connectivity index (χ1n) is 9.11. The van der Waals surface area contributed by atoms with Gasteiger partial charge in [-0.05, 0) is 75.8 Å². The minimum absolute atomic E-state index is 0.262. The van der Waals surface area contributed by atoms with Crippen LogP contribution in [0.15, 0.2) is 9.66 Å². The standard InChI is InChI=1S/C19H41IO2Si2/c1-16(20)14-17(15-22-24(10,11)19(5,6)7)12-13-21-23(8,9)18(2,3)4/h14,17H,12-13,15H2,1-11H3/b16-14+/t17-/m0/s1. The molecule has 0 aromatic rings. The van der Waals surface area contributed by atoms with E-state index in [2.05, 4.69) is 103 Å². The van der Waals surface area contributed by atoms with E-state index < -0.39 is 16.6 Å². The van der Waals surface area contributed by atoms with Gasteiger partial charge >= 0.3 is 0 Å². The largest absolute Gasteiger partial charge is 0.417 e. The second kappa shape index (κ2) is 9.15. The summed E-state index contributed by atoms with van der Waals surface area (Å²) in [5.74, 6) is 0.445. The average Bonchev–Trinajstić information content (AvgIpc) is 2.32. The zero-order valence-electron chi connectivity index (χ0n) is 18.0. The van der Waals surface area contributed by atoms with Crippen molar-refractivity contribution in [3.8, 4) is 0 Å². The molecule has 0 fully saturated rings. The molecule has 1 atom stereocenters. The van der Waals surface area contributed by atoms with E-state index in [1.807, 2.05) is 0 Å². The van der Waals surface area contributed by atoms with Gasteiger partial charge in [0.2, 0.25) is 0 Å². The highest BCUT2D eigenvalue weighted by atomic mass is 127. The van der Waals surface area contributed by atoms with Crippen molar-refractivity contribution in [2.24, 2.45) is 5.92 Å². The van der Waals surface area contributed by atoms with Crippen LogP contribution in [0, 0.1) is 5.92 Å². The van der Waals surface area contributed by atoms with Crippen LogP contribution in [0.4, 0.5) is 0 Å². The minimum atomic E-state index is -1.69. The van der Waals surface area contributed by atoms with Gasteiger partial charge in [-0.15, -0.1) is 0 Å². The Morgan fingerprint density at radius 3 is 1.71 bits per heavy atom. The van der Waals surface area contributed by atoms with Crippen LogP contribution in [0.3, 0.4) is 0 Å². The maximum absolute atomic E-state index is 6.45. The molecule has 0 aliphatic rings. The van der Waals surface area contributed by atoms with E-state index in [4.69, 9.17) is 8.85 Å². The quantitative estimate of drug-likeness (QED) is 0.264. The van der Waals surface area contributed by atoms with Gasteiger partial charge in [-0.2, -0.15) is 0 Å². The van der Waals surface area contributed by atoms with Gasteiger partial charge in [-0.1, -0.05) is 47.6 Å². The Morgan fingerprint density at radius 2 is 1.33 bits per heavy atom. The van der Waals surface area contributed by atoms with Crippen molar-refractivity contribution in [3.05, 3.63) is 9.66 Å². The summed E-state index contributed by atoms with van der Waals surface area (Å²) in [5, 5.41) is 0.535. The normalized spacial score (nSPS) is 16.4. The lowest BCUT2D eigenvalue weighted by atomic mass is 10.1. The lowest BCUT2D eigenvalue weighted by Crippen LogP contribution is -2.42. The van der Waals surface area contributed by atoms with Crippen LogP contribution < -0.4 is 0 Å². The van der Waals surface area contributed by atoms with Crippen molar-refractivity contribution < 1.29 is 8.85 Å². The highest BCUT2D eigenvalue weighted by Crippen LogP contribution is 2.38. The molecule has 5 heteroatoms. The lowest BCUT2D eigenvalue weighted by Gasteiger charge is -2.38.